The van der Waals surface area contributed by atoms with E-state index in [0.29, 0.717) is 48.7 Å². The molecule has 0 aromatic heterocycles. The van der Waals surface area contributed by atoms with E-state index in [2.05, 4.69) is 29.7 Å². The number of nitrogens with zero attached hydrogens (tertiary/aromatic N) is 1. The average molecular weight is 408 g/mol. The van der Waals surface area contributed by atoms with Gasteiger partial charge in [-0.05, 0) is 41.9 Å². The highest BCUT2D eigenvalue weighted by Crippen LogP contribution is 2.46. The summed E-state index contributed by atoms with van der Waals surface area (Å²) in [4.78, 5) is 27.1. The van der Waals surface area contributed by atoms with Crippen LogP contribution >= 0.6 is 0 Å². The van der Waals surface area contributed by atoms with Crippen LogP contribution in [-0.2, 0) is 11.3 Å². The maximum absolute atomic E-state index is 12.7. The standard InChI is InChI=1S/C24H29N3O3/c1-16-11-22-20(13-23(28)27(22)15-17-7-4-3-5-8-17)21(16)14-25-24(29)26-18-9-6-10-19(12-18)30-2/h3-10,12,16,20-22H,11,13-15H2,1-2H3,(H2,25,26,29)/t16-,20-,21+,22+/m0/s1. The van der Waals surface area contributed by atoms with Crippen LogP contribution in [0.3, 0.4) is 0 Å². The smallest absolute Gasteiger partial charge is 0.319 e. The third-order valence-electron chi connectivity index (χ3n) is 6.54. The van der Waals surface area contributed by atoms with Crippen LogP contribution in [0.15, 0.2) is 54.6 Å². The summed E-state index contributed by atoms with van der Waals surface area (Å²) in [5, 5.41) is 5.87. The fraction of sp³-hybridized carbons (Fsp3) is 0.417. The molecule has 6 nitrogen and oxygen atoms in total. The van der Waals surface area contributed by atoms with Crippen molar-refractivity contribution in [2.24, 2.45) is 17.8 Å². The van der Waals surface area contributed by atoms with E-state index in [1.165, 1.54) is 5.56 Å². The number of carbonyl (C=O) groups excluding carboxylic acids is 2. The molecule has 1 saturated heterocycles. The topological polar surface area (TPSA) is 70.7 Å². The van der Waals surface area contributed by atoms with Gasteiger partial charge in [0.05, 0.1) is 7.11 Å². The van der Waals surface area contributed by atoms with Gasteiger partial charge in [0.2, 0.25) is 5.91 Å². The minimum absolute atomic E-state index is 0.228. The minimum atomic E-state index is -0.232. The van der Waals surface area contributed by atoms with Gasteiger partial charge in [-0.2, -0.15) is 0 Å². The number of likely N-dealkylation sites (tertiary alicyclic amines) is 1. The molecule has 30 heavy (non-hydrogen) atoms. The highest BCUT2D eigenvalue weighted by atomic mass is 16.5. The Balaban J connectivity index is 1.35. The van der Waals surface area contributed by atoms with Crippen LogP contribution in [0.2, 0.25) is 0 Å². The first-order chi connectivity index (χ1) is 14.5. The largest absolute Gasteiger partial charge is 0.497 e. The third kappa shape index (κ3) is 4.27. The van der Waals surface area contributed by atoms with Gasteiger partial charge in [0.15, 0.2) is 0 Å². The number of benzene rings is 2. The molecule has 1 aliphatic carbocycles. The summed E-state index contributed by atoms with van der Waals surface area (Å²) in [7, 11) is 1.60. The first-order valence-electron chi connectivity index (χ1n) is 10.6. The van der Waals surface area contributed by atoms with Crippen LogP contribution < -0.4 is 15.4 Å². The molecule has 158 valence electrons. The molecule has 2 N–H and O–H groups in total. The van der Waals surface area contributed by atoms with Crippen molar-refractivity contribution in [2.45, 2.75) is 32.4 Å². The number of nitrogens with one attached hydrogen (secondary N) is 2. The molecule has 2 aromatic rings. The third-order valence-corrected chi connectivity index (χ3v) is 6.54. The summed E-state index contributed by atoms with van der Waals surface area (Å²) in [6, 6.07) is 17.5. The second-order valence-electron chi connectivity index (χ2n) is 8.39. The number of rotatable bonds is 6. The molecule has 1 aliphatic heterocycles. The Labute approximate surface area is 177 Å². The number of hydrogen-bond donors (Lipinski definition) is 2. The Hall–Kier alpha value is -3.02. The van der Waals surface area contributed by atoms with Crippen molar-refractivity contribution in [1.29, 1.82) is 0 Å². The molecule has 2 aromatic carbocycles. The second-order valence-corrected chi connectivity index (χ2v) is 8.39. The number of methoxy groups -OCH3 is 1. The SMILES string of the molecule is COc1cccc(NC(=O)NC[C@H]2[C@@H]3CC(=O)N(Cc4ccccc4)[C@@H]3C[C@@H]2C)c1. The van der Waals surface area contributed by atoms with E-state index < -0.39 is 0 Å². The lowest BCUT2D eigenvalue weighted by Gasteiger charge is -2.24. The maximum Gasteiger partial charge on any atom is 0.319 e. The fourth-order valence-electron chi connectivity index (χ4n) is 5.01. The van der Waals surface area contributed by atoms with E-state index in [1.54, 1.807) is 13.2 Å². The highest BCUT2D eigenvalue weighted by molar-refractivity contribution is 5.89. The molecule has 1 heterocycles. The predicted molar refractivity (Wildman–Crippen MR) is 116 cm³/mol. The summed E-state index contributed by atoms with van der Waals surface area (Å²) in [5.74, 6) is 1.99. The van der Waals surface area contributed by atoms with Crippen LogP contribution in [0.4, 0.5) is 10.5 Å². The Morgan fingerprint density at radius 3 is 2.73 bits per heavy atom. The van der Waals surface area contributed by atoms with Gasteiger partial charge < -0.3 is 20.3 Å². The van der Waals surface area contributed by atoms with Gasteiger partial charge in [0, 0.05) is 37.3 Å². The van der Waals surface area contributed by atoms with Gasteiger partial charge >= 0.3 is 6.03 Å². The Morgan fingerprint density at radius 1 is 1.17 bits per heavy atom. The zero-order valence-corrected chi connectivity index (χ0v) is 17.5. The molecule has 2 fully saturated rings. The Kier molecular flexibility index (Phi) is 5.93. The van der Waals surface area contributed by atoms with Crippen molar-refractivity contribution in [3.8, 4) is 5.75 Å². The van der Waals surface area contributed by atoms with Crippen molar-refractivity contribution in [3.63, 3.8) is 0 Å². The lowest BCUT2D eigenvalue weighted by atomic mass is 9.88. The average Bonchev–Trinajstić information content (AvgIpc) is 3.21. The highest BCUT2D eigenvalue weighted by Gasteiger charge is 2.50. The van der Waals surface area contributed by atoms with Crippen LogP contribution in [-0.4, -0.2) is 36.5 Å². The van der Waals surface area contributed by atoms with Crippen molar-refractivity contribution >= 4 is 17.6 Å². The molecular formula is C24H29N3O3. The predicted octanol–water partition coefficient (Wildman–Crippen LogP) is 3.89. The van der Waals surface area contributed by atoms with E-state index >= 15 is 0 Å². The number of fused-ring (bicyclic) bond motifs is 1. The van der Waals surface area contributed by atoms with Gasteiger partial charge in [-0.15, -0.1) is 0 Å². The minimum Gasteiger partial charge on any atom is -0.497 e. The van der Waals surface area contributed by atoms with Crippen molar-refractivity contribution in [1.82, 2.24) is 10.2 Å². The lowest BCUT2D eigenvalue weighted by molar-refractivity contribution is -0.129. The molecule has 2 aliphatic rings. The van der Waals surface area contributed by atoms with Crippen LogP contribution in [0.25, 0.3) is 0 Å². The molecule has 0 radical (unpaired) electrons. The zero-order chi connectivity index (χ0) is 21.1. The number of ether oxygens (including phenoxy) is 1. The van der Waals surface area contributed by atoms with E-state index in [-0.39, 0.29) is 18.0 Å². The summed E-state index contributed by atoms with van der Waals surface area (Å²) in [6.45, 7) is 3.48. The molecule has 0 bridgehead atoms. The number of anilines is 1. The van der Waals surface area contributed by atoms with Gasteiger partial charge in [0.1, 0.15) is 5.75 Å². The maximum atomic E-state index is 12.7. The molecule has 0 spiro atoms. The van der Waals surface area contributed by atoms with E-state index in [1.807, 2.05) is 41.3 Å². The monoisotopic (exact) mass is 407 g/mol. The number of amides is 3. The van der Waals surface area contributed by atoms with E-state index in [9.17, 15) is 9.59 Å². The van der Waals surface area contributed by atoms with Crippen LogP contribution in [0.1, 0.15) is 25.3 Å². The van der Waals surface area contributed by atoms with Gasteiger partial charge in [-0.1, -0.05) is 43.3 Å². The van der Waals surface area contributed by atoms with Gasteiger partial charge in [-0.25, -0.2) is 4.79 Å². The quantitative estimate of drug-likeness (QED) is 0.763. The van der Waals surface area contributed by atoms with E-state index in [0.717, 1.165) is 6.42 Å². The Bertz CT molecular complexity index is 902. The fourth-order valence-corrected chi connectivity index (χ4v) is 5.01. The van der Waals surface area contributed by atoms with Crippen molar-refractivity contribution < 1.29 is 14.3 Å². The van der Waals surface area contributed by atoms with Gasteiger partial charge in [0.25, 0.3) is 0 Å². The molecule has 0 unspecified atom stereocenters. The first-order valence-corrected chi connectivity index (χ1v) is 10.6. The second kappa shape index (κ2) is 8.78. The van der Waals surface area contributed by atoms with Crippen molar-refractivity contribution in [3.05, 3.63) is 60.2 Å². The zero-order valence-electron chi connectivity index (χ0n) is 17.5. The van der Waals surface area contributed by atoms with Crippen molar-refractivity contribution in [2.75, 3.05) is 19.0 Å². The van der Waals surface area contributed by atoms with Crippen LogP contribution in [0, 0.1) is 17.8 Å². The first kappa shape index (κ1) is 20.3. The molecular weight excluding hydrogens is 378 g/mol. The van der Waals surface area contributed by atoms with E-state index in [4.69, 9.17) is 4.74 Å². The van der Waals surface area contributed by atoms with Crippen LogP contribution in [0.5, 0.6) is 5.75 Å². The summed E-state index contributed by atoms with van der Waals surface area (Å²) >= 11 is 0. The molecule has 4 atom stereocenters. The molecule has 3 amide bonds. The molecule has 1 saturated carbocycles. The number of carbonyl (C=O) groups is 2. The lowest BCUT2D eigenvalue weighted by Crippen LogP contribution is -2.36. The van der Waals surface area contributed by atoms with Gasteiger partial charge in [-0.3, -0.25) is 4.79 Å². The summed E-state index contributed by atoms with van der Waals surface area (Å²) < 4.78 is 5.19. The Morgan fingerprint density at radius 2 is 1.97 bits per heavy atom. The normalized spacial score (nSPS) is 25.1. The summed E-state index contributed by atoms with van der Waals surface area (Å²) in [6.07, 6.45) is 1.57. The summed E-state index contributed by atoms with van der Waals surface area (Å²) in [5.41, 5.74) is 1.85. The molecule has 4 rings (SSSR count). The number of urea groups is 1. The number of hydrogen-bond acceptors (Lipinski definition) is 3. The molecule has 6 heteroatoms.